The van der Waals surface area contributed by atoms with Crippen LogP contribution in [0.2, 0.25) is 0 Å². The number of carbonyl (C=O) groups excluding carboxylic acids is 1. The number of rotatable bonds is 10. The van der Waals surface area contributed by atoms with E-state index in [1.54, 1.807) is 38.3 Å². The molecule has 1 aromatic carbocycles. The van der Waals surface area contributed by atoms with Gasteiger partial charge in [0.15, 0.2) is 5.96 Å². The lowest BCUT2D eigenvalue weighted by molar-refractivity contribution is -0.0180. The highest BCUT2D eigenvalue weighted by molar-refractivity contribution is 14.0. The number of methoxy groups -OCH3 is 1. The van der Waals surface area contributed by atoms with Crippen molar-refractivity contribution in [1.82, 2.24) is 20.9 Å². The van der Waals surface area contributed by atoms with Crippen LogP contribution in [0.3, 0.4) is 0 Å². The average molecular weight is 549 g/mol. The SMILES string of the molecule is CCNC(=NCC(C)(O)CN1CCOCC1)NCCNC(=O)c1ccc(OC)cc1.I. The lowest BCUT2D eigenvalue weighted by Gasteiger charge is -2.33. The molecule has 4 N–H and O–H groups in total. The molecule has 1 aliphatic rings. The summed E-state index contributed by atoms with van der Waals surface area (Å²) in [6.45, 7) is 9.32. The maximum atomic E-state index is 12.2. The zero-order valence-electron chi connectivity index (χ0n) is 18.6. The molecule has 1 heterocycles. The first-order chi connectivity index (χ1) is 14.4. The fraction of sp³-hybridized carbons (Fsp3) is 0.619. The summed E-state index contributed by atoms with van der Waals surface area (Å²) in [4.78, 5) is 18.9. The second-order valence-corrected chi connectivity index (χ2v) is 7.49. The molecule has 0 aliphatic carbocycles. The van der Waals surface area contributed by atoms with Gasteiger partial charge in [-0.3, -0.25) is 14.7 Å². The zero-order valence-corrected chi connectivity index (χ0v) is 21.0. The third-order valence-electron chi connectivity index (χ3n) is 4.65. The van der Waals surface area contributed by atoms with E-state index in [0.717, 1.165) is 13.1 Å². The van der Waals surface area contributed by atoms with Gasteiger partial charge in [0.05, 0.1) is 32.5 Å². The number of aliphatic hydroxyl groups is 1. The van der Waals surface area contributed by atoms with E-state index in [1.165, 1.54) is 0 Å². The molecule has 31 heavy (non-hydrogen) atoms. The lowest BCUT2D eigenvalue weighted by atomic mass is 10.1. The standard InChI is InChI=1S/C21H35N5O4.HI/c1-4-22-20(25-15-21(2,28)16-26-11-13-30-14-12-26)24-10-9-23-19(27)17-5-7-18(29-3)8-6-17;/h5-8,28H,4,9-16H2,1-3H3,(H,23,27)(H2,22,24,25);1H. The van der Waals surface area contributed by atoms with Crippen LogP contribution in [-0.4, -0.2) is 93.6 Å². The highest BCUT2D eigenvalue weighted by atomic mass is 127. The van der Waals surface area contributed by atoms with E-state index in [2.05, 4.69) is 25.8 Å². The topological polar surface area (TPSA) is 107 Å². The summed E-state index contributed by atoms with van der Waals surface area (Å²) in [6.07, 6.45) is 0. The number of ether oxygens (including phenoxy) is 2. The number of amides is 1. The van der Waals surface area contributed by atoms with Gasteiger partial charge in [0.2, 0.25) is 0 Å². The van der Waals surface area contributed by atoms with E-state index in [9.17, 15) is 9.90 Å². The number of morpholine rings is 1. The average Bonchev–Trinajstić information content (AvgIpc) is 2.75. The van der Waals surface area contributed by atoms with Crippen molar-refractivity contribution in [3.63, 3.8) is 0 Å². The Morgan fingerprint density at radius 3 is 2.45 bits per heavy atom. The second-order valence-electron chi connectivity index (χ2n) is 7.49. The van der Waals surface area contributed by atoms with E-state index in [-0.39, 0.29) is 36.4 Å². The Morgan fingerprint density at radius 2 is 1.84 bits per heavy atom. The Balaban J connectivity index is 0.00000480. The van der Waals surface area contributed by atoms with Crippen molar-refractivity contribution in [2.45, 2.75) is 19.4 Å². The fourth-order valence-electron chi connectivity index (χ4n) is 3.08. The summed E-state index contributed by atoms with van der Waals surface area (Å²) < 4.78 is 10.4. The molecule has 2 rings (SSSR count). The maximum Gasteiger partial charge on any atom is 0.251 e. The van der Waals surface area contributed by atoms with Gasteiger partial charge in [-0.2, -0.15) is 0 Å². The number of β-amino-alcohol motifs (C(OH)–C–C–N with tert-alkyl or cyclic N) is 1. The molecule has 1 atom stereocenters. The molecule has 0 bridgehead atoms. The third-order valence-corrected chi connectivity index (χ3v) is 4.65. The minimum absolute atomic E-state index is 0. The Labute approximate surface area is 202 Å². The van der Waals surface area contributed by atoms with Gasteiger partial charge in [0, 0.05) is 44.8 Å². The summed E-state index contributed by atoms with van der Waals surface area (Å²) in [5, 5.41) is 19.9. The first kappa shape index (κ1) is 27.4. The van der Waals surface area contributed by atoms with Gasteiger partial charge in [-0.1, -0.05) is 0 Å². The summed E-state index contributed by atoms with van der Waals surface area (Å²) in [7, 11) is 1.59. The van der Waals surface area contributed by atoms with E-state index in [0.29, 0.717) is 56.7 Å². The van der Waals surface area contributed by atoms with Crippen LogP contribution >= 0.6 is 24.0 Å². The summed E-state index contributed by atoms with van der Waals surface area (Å²) in [5.74, 6) is 1.18. The molecule has 1 aliphatic heterocycles. The molecule has 1 amide bonds. The van der Waals surface area contributed by atoms with Gasteiger partial charge in [0.1, 0.15) is 5.75 Å². The fourth-order valence-corrected chi connectivity index (χ4v) is 3.08. The number of nitrogens with zero attached hydrogens (tertiary/aromatic N) is 2. The monoisotopic (exact) mass is 549 g/mol. The van der Waals surface area contributed by atoms with E-state index < -0.39 is 5.60 Å². The number of guanidine groups is 1. The lowest BCUT2D eigenvalue weighted by Crippen LogP contribution is -2.48. The Hall–Kier alpha value is -1.63. The van der Waals surface area contributed by atoms with Crippen molar-refractivity contribution in [3.8, 4) is 5.75 Å². The van der Waals surface area contributed by atoms with Crippen molar-refractivity contribution < 1.29 is 19.4 Å². The minimum Gasteiger partial charge on any atom is -0.497 e. The van der Waals surface area contributed by atoms with Gasteiger partial charge < -0.3 is 30.5 Å². The molecule has 176 valence electrons. The van der Waals surface area contributed by atoms with Crippen LogP contribution < -0.4 is 20.7 Å². The van der Waals surface area contributed by atoms with Gasteiger partial charge >= 0.3 is 0 Å². The predicted molar refractivity (Wildman–Crippen MR) is 133 cm³/mol. The molecular formula is C21H36IN5O4. The van der Waals surface area contributed by atoms with E-state index in [1.807, 2.05) is 6.92 Å². The van der Waals surface area contributed by atoms with Crippen LogP contribution in [0.1, 0.15) is 24.2 Å². The second kappa shape index (κ2) is 14.4. The summed E-state index contributed by atoms with van der Waals surface area (Å²) >= 11 is 0. The molecule has 0 aromatic heterocycles. The Bertz CT molecular complexity index is 679. The van der Waals surface area contributed by atoms with Crippen molar-refractivity contribution >= 4 is 35.8 Å². The third kappa shape index (κ3) is 10.5. The number of carbonyl (C=O) groups is 1. The quantitative estimate of drug-likeness (QED) is 0.147. The molecule has 0 spiro atoms. The van der Waals surface area contributed by atoms with Crippen LogP contribution in [0.25, 0.3) is 0 Å². The first-order valence-corrected chi connectivity index (χ1v) is 10.4. The number of halogens is 1. The molecule has 1 fully saturated rings. The minimum atomic E-state index is -0.928. The van der Waals surface area contributed by atoms with E-state index in [4.69, 9.17) is 9.47 Å². The van der Waals surface area contributed by atoms with Gasteiger partial charge in [-0.15, -0.1) is 24.0 Å². The Kier molecular flexibility index (Phi) is 12.8. The molecule has 1 aromatic rings. The molecule has 9 nitrogen and oxygen atoms in total. The number of hydrogen-bond acceptors (Lipinski definition) is 6. The molecule has 10 heteroatoms. The van der Waals surface area contributed by atoms with Crippen LogP contribution in [-0.2, 0) is 4.74 Å². The van der Waals surface area contributed by atoms with Gasteiger partial charge in [-0.25, -0.2) is 0 Å². The maximum absolute atomic E-state index is 12.2. The smallest absolute Gasteiger partial charge is 0.251 e. The predicted octanol–water partition coefficient (Wildman–Crippen LogP) is 0.681. The number of hydrogen-bond donors (Lipinski definition) is 4. The summed E-state index contributed by atoms with van der Waals surface area (Å²) in [6, 6.07) is 6.96. The number of aliphatic imine (C=N–C) groups is 1. The van der Waals surface area contributed by atoms with Gasteiger partial charge in [0.25, 0.3) is 5.91 Å². The Morgan fingerprint density at radius 1 is 1.19 bits per heavy atom. The largest absolute Gasteiger partial charge is 0.497 e. The van der Waals surface area contributed by atoms with Crippen LogP contribution in [0, 0.1) is 0 Å². The number of nitrogens with one attached hydrogen (secondary N) is 3. The highest BCUT2D eigenvalue weighted by Crippen LogP contribution is 2.11. The van der Waals surface area contributed by atoms with Gasteiger partial charge in [-0.05, 0) is 38.1 Å². The molecule has 0 saturated carbocycles. The van der Waals surface area contributed by atoms with Crippen molar-refractivity contribution in [2.24, 2.45) is 4.99 Å². The molecule has 1 unspecified atom stereocenters. The summed E-state index contributed by atoms with van der Waals surface area (Å²) in [5.41, 5.74) is -0.349. The molecular weight excluding hydrogens is 513 g/mol. The van der Waals surface area contributed by atoms with Crippen molar-refractivity contribution in [2.75, 3.05) is 66.1 Å². The molecule has 1 saturated heterocycles. The van der Waals surface area contributed by atoms with Crippen LogP contribution in [0.5, 0.6) is 5.75 Å². The normalized spacial score (nSPS) is 16.6. The van der Waals surface area contributed by atoms with Crippen LogP contribution in [0.15, 0.2) is 29.3 Å². The first-order valence-electron chi connectivity index (χ1n) is 10.4. The van der Waals surface area contributed by atoms with Crippen molar-refractivity contribution in [1.29, 1.82) is 0 Å². The molecule has 0 radical (unpaired) electrons. The number of benzene rings is 1. The zero-order chi connectivity index (χ0) is 21.8. The van der Waals surface area contributed by atoms with E-state index >= 15 is 0 Å². The van der Waals surface area contributed by atoms with Crippen LogP contribution in [0.4, 0.5) is 0 Å². The highest BCUT2D eigenvalue weighted by Gasteiger charge is 2.25. The van der Waals surface area contributed by atoms with Crippen molar-refractivity contribution in [3.05, 3.63) is 29.8 Å².